The molecule has 2 N–H and O–H groups in total. The molecule has 0 spiro atoms. The maximum absolute atomic E-state index is 13.8. The summed E-state index contributed by atoms with van der Waals surface area (Å²) in [5.74, 6) is -0.377. The number of hydrogen-bond donors (Lipinski definition) is 2. The lowest BCUT2D eigenvalue weighted by molar-refractivity contribution is -0.140. The molecule has 0 saturated carbocycles. The summed E-state index contributed by atoms with van der Waals surface area (Å²) in [5, 5.41) is 23.2. The van der Waals surface area contributed by atoms with Crippen LogP contribution in [0.3, 0.4) is 0 Å². The SMILES string of the molecule is N#Cc1ccc(-c2cc(=O)[nH]c3c(-c4ccc(Cl)cc4)c(C(F)(F)F)nn23)c(O)c1. The standard InChI is InChI=1S/C20H10ClF3N4O2/c21-12-4-2-11(3-5-12)17-18(20(22,23)24)27-28-14(8-16(30)26-19(17)28)13-6-1-10(9-25)7-15(13)29/h1-8,29H,(H,26,30). The number of H-pyrrole nitrogens is 1. The van der Waals surface area contributed by atoms with Crippen LogP contribution in [0.1, 0.15) is 11.3 Å². The van der Waals surface area contributed by atoms with E-state index in [2.05, 4.69) is 10.1 Å². The number of benzene rings is 2. The van der Waals surface area contributed by atoms with E-state index in [-0.39, 0.29) is 39.3 Å². The van der Waals surface area contributed by atoms with Gasteiger partial charge in [-0.1, -0.05) is 23.7 Å². The molecule has 150 valence electrons. The third kappa shape index (κ3) is 3.27. The molecule has 2 heterocycles. The van der Waals surface area contributed by atoms with Crippen molar-refractivity contribution in [2.24, 2.45) is 0 Å². The van der Waals surface area contributed by atoms with Gasteiger partial charge >= 0.3 is 6.18 Å². The molecule has 4 aromatic rings. The van der Waals surface area contributed by atoms with Crippen LogP contribution in [0.25, 0.3) is 28.0 Å². The molecular formula is C20H10ClF3N4O2. The normalized spacial score (nSPS) is 11.6. The average Bonchev–Trinajstić information content (AvgIpc) is 3.07. The molecule has 0 amide bonds. The molecule has 0 radical (unpaired) electrons. The zero-order chi connectivity index (χ0) is 21.6. The van der Waals surface area contributed by atoms with Gasteiger partial charge in [0.25, 0.3) is 5.56 Å². The molecule has 0 fully saturated rings. The number of alkyl halides is 3. The van der Waals surface area contributed by atoms with Crippen molar-refractivity contribution in [3.05, 3.63) is 75.2 Å². The number of hydrogen-bond acceptors (Lipinski definition) is 4. The third-order valence-electron chi connectivity index (χ3n) is 4.43. The summed E-state index contributed by atoms with van der Waals surface area (Å²) in [6.45, 7) is 0. The number of halogens is 4. The summed E-state index contributed by atoms with van der Waals surface area (Å²) < 4.78 is 42.3. The predicted molar refractivity (Wildman–Crippen MR) is 103 cm³/mol. The number of aromatic hydroxyl groups is 1. The van der Waals surface area contributed by atoms with Crippen molar-refractivity contribution in [3.63, 3.8) is 0 Å². The zero-order valence-electron chi connectivity index (χ0n) is 14.8. The van der Waals surface area contributed by atoms with E-state index in [0.29, 0.717) is 5.02 Å². The van der Waals surface area contributed by atoms with Gasteiger partial charge < -0.3 is 10.1 Å². The number of aromatic amines is 1. The molecule has 0 atom stereocenters. The molecule has 2 aromatic carbocycles. The minimum absolute atomic E-state index is 0.0454. The second-order valence-corrected chi connectivity index (χ2v) is 6.79. The van der Waals surface area contributed by atoms with E-state index in [1.807, 2.05) is 6.07 Å². The summed E-state index contributed by atoms with van der Waals surface area (Å²) in [4.78, 5) is 14.7. The Morgan fingerprint density at radius 3 is 2.43 bits per heavy atom. The average molecular weight is 431 g/mol. The van der Waals surface area contributed by atoms with Crippen molar-refractivity contribution >= 4 is 17.2 Å². The highest BCUT2D eigenvalue weighted by atomic mass is 35.5. The van der Waals surface area contributed by atoms with E-state index < -0.39 is 17.4 Å². The van der Waals surface area contributed by atoms with Gasteiger partial charge in [-0.3, -0.25) is 4.79 Å². The lowest BCUT2D eigenvalue weighted by Gasteiger charge is -2.08. The Bertz CT molecular complexity index is 1380. The van der Waals surface area contributed by atoms with Gasteiger partial charge in [0.15, 0.2) is 5.69 Å². The van der Waals surface area contributed by atoms with Gasteiger partial charge in [-0.25, -0.2) is 4.52 Å². The van der Waals surface area contributed by atoms with Crippen molar-refractivity contribution in [2.45, 2.75) is 6.18 Å². The molecule has 0 saturated heterocycles. The summed E-state index contributed by atoms with van der Waals surface area (Å²) in [7, 11) is 0. The van der Waals surface area contributed by atoms with Crippen molar-refractivity contribution in [1.82, 2.24) is 14.6 Å². The number of aromatic nitrogens is 3. The van der Waals surface area contributed by atoms with E-state index in [4.69, 9.17) is 16.9 Å². The fraction of sp³-hybridized carbons (Fsp3) is 0.0500. The Labute approximate surface area is 171 Å². The molecule has 0 aliphatic heterocycles. The van der Waals surface area contributed by atoms with Crippen LogP contribution < -0.4 is 5.56 Å². The molecular weight excluding hydrogens is 421 g/mol. The van der Waals surface area contributed by atoms with Gasteiger partial charge in [-0.15, -0.1) is 0 Å². The van der Waals surface area contributed by atoms with Gasteiger partial charge in [-0.05, 0) is 35.9 Å². The maximum Gasteiger partial charge on any atom is 0.435 e. The Morgan fingerprint density at radius 2 is 1.83 bits per heavy atom. The van der Waals surface area contributed by atoms with Crippen molar-refractivity contribution in [1.29, 1.82) is 5.26 Å². The molecule has 10 heteroatoms. The van der Waals surface area contributed by atoms with E-state index in [0.717, 1.165) is 16.6 Å². The lowest BCUT2D eigenvalue weighted by atomic mass is 10.0. The quantitative estimate of drug-likeness (QED) is 0.485. The smallest absolute Gasteiger partial charge is 0.435 e. The highest BCUT2D eigenvalue weighted by Crippen LogP contribution is 2.40. The number of rotatable bonds is 2. The van der Waals surface area contributed by atoms with Gasteiger partial charge in [0.05, 0.1) is 22.9 Å². The molecule has 0 aliphatic carbocycles. The highest BCUT2D eigenvalue weighted by Gasteiger charge is 2.39. The fourth-order valence-corrected chi connectivity index (χ4v) is 3.27. The van der Waals surface area contributed by atoms with Crippen LogP contribution in [0.5, 0.6) is 5.75 Å². The van der Waals surface area contributed by atoms with Crippen molar-refractivity contribution in [2.75, 3.05) is 0 Å². The Morgan fingerprint density at radius 1 is 1.13 bits per heavy atom. The Hall–Kier alpha value is -3.77. The van der Waals surface area contributed by atoms with Crippen LogP contribution in [-0.4, -0.2) is 19.7 Å². The van der Waals surface area contributed by atoms with Crippen LogP contribution in [0.15, 0.2) is 53.3 Å². The van der Waals surface area contributed by atoms with Gasteiger partial charge in [0.1, 0.15) is 11.4 Å². The second-order valence-electron chi connectivity index (χ2n) is 6.35. The zero-order valence-corrected chi connectivity index (χ0v) is 15.6. The lowest BCUT2D eigenvalue weighted by Crippen LogP contribution is -2.10. The van der Waals surface area contributed by atoms with E-state index >= 15 is 0 Å². The van der Waals surface area contributed by atoms with Crippen molar-refractivity contribution in [3.8, 4) is 34.2 Å². The number of fused-ring (bicyclic) bond motifs is 1. The number of nitrogens with one attached hydrogen (secondary N) is 1. The first kappa shape index (κ1) is 19.5. The molecule has 0 aliphatic rings. The summed E-state index contributed by atoms with van der Waals surface area (Å²) in [6, 6.07) is 12.3. The number of nitrogens with zero attached hydrogens (tertiary/aromatic N) is 3. The first-order valence-corrected chi connectivity index (χ1v) is 8.79. The van der Waals surface area contributed by atoms with E-state index in [9.17, 15) is 23.1 Å². The van der Waals surface area contributed by atoms with E-state index in [1.54, 1.807) is 0 Å². The highest BCUT2D eigenvalue weighted by molar-refractivity contribution is 6.30. The minimum Gasteiger partial charge on any atom is -0.507 e. The summed E-state index contributed by atoms with van der Waals surface area (Å²) in [5.41, 5.74) is -2.15. The van der Waals surface area contributed by atoms with Crippen LogP contribution in [0, 0.1) is 11.3 Å². The third-order valence-corrected chi connectivity index (χ3v) is 4.68. The molecule has 2 aromatic heterocycles. The van der Waals surface area contributed by atoms with Gasteiger partial charge in [0, 0.05) is 16.7 Å². The summed E-state index contributed by atoms with van der Waals surface area (Å²) in [6.07, 6.45) is -4.82. The molecule has 0 unspecified atom stereocenters. The topological polar surface area (TPSA) is 94.2 Å². The number of nitriles is 1. The molecule has 4 rings (SSSR count). The predicted octanol–water partition coefficient (Wildman–Crippen LogP) is 4.61. The number of phenolic OH excluding ortho intramolecular Hbond substituents is 1. The first-order valence-electron chi connectivity index (χ1n) is 8.41. The fourth-order valence-electron chi connectivity index (χ4n) is 3.14. The monoisotopic (exact) mass is 430 g/mol. The molecule has 30 heavy (non-hydrogen) atoms. The summed E-state index contributed by atoms with van der Waals surface area (Å²) >= 11 is 5.84. The second kappa shape index (κ2) is 6.93. The minimum atomic E-state index is -4.82. The number of phenols is 1. The van der Waals surface area contributed by atoms with Gasteiger partial charge in [-0.2, -0.15) is 23.5 Å². The van der Waals surface area contributed by atoms with Crippen LogP contribution in [0.2, 0.25) is 5.02 Å². The Kier molecular flexibility index (Phi) is 4.51. The largest absolute Gasteiger partial charge is 0.507 e. The maximum atomic E-state index is 13.8. The Balaban J connectivity index is 2.10. The van der Waals surface area contributed by atoms with Crippen LogP contribution in [-0.2, 0) is 6.18 Å². The molecule has 6 nitrogen and oxygen atoms in total. The van der Waals surface area contributed by atoms with Crippen molar-refractivity contribution < 1.29 is 18.3 Å². The van der Waals surface area contributed by atoms with Crippen LogP contribution in [0.4, 0.5) is 13.2 Å². The van der Waals surface area contributed by atoms with E-state index in [1.165, 1.54) is 36.4 Å². The van der Waals surface area contributed by atoms with Gasteiger partial charge in [0.2, 0.25) is 0 Å². The molecule has 0 bridgehead atoms. The first-order chi connectivity index (χ1) is 14.2. The van der Waals surface area contributed by atoms with Crippen LogP contribution >= 0.6 is 11.6 Å².